The highest BCUT2D eigenvalue weighted by atomic mass is 35.5. The van der Waals surface area contributed by atoms with Gasteiger partial charge < -0.3 is 0 Å². The second-order valence-electron chi connectivity index (χ2n) is 6.23. The molecule has 146 valence electrons. The van der Waals surface area contributed by atoms with E-state index in [0.717, 1.165) is 11.3 Å². The third-order valence-electron chi connectivity index (χ3n) is 4.30. The molecule has 1 fully saturated rings. The van der Waals surface area contributed by atoms with Gasteiger partial charge in [0, 0.05) is 22.6 Å². The van der Waals surface area contributed by atoms with Crippen LogP contribution in [0.4, 0.5) is 4.39 Å². The van der Waals surface area contributed by atoms with Crippen LogP contribution in [0.3, 0.4) is 0 Å². The zero-order valence-corrected chi connectivity index (χ0v) is 17.4. The Labute approximate surface area is 180 Å². The molecule has 4 rings (SSSR count). The van der Waals surface area contributed by atoms with Crippen LogP contribution in [-0.2, 0) is 4.79 Å². The number of nitrogens with zero attached hydrogens (tertiary/aromatic N) is 2. The molecule has 2 heterocycles. The first-order chi connectivity index (χ1) is 14.0. The van der Waals surface area contributed by atoms with Crippen LogP contribution in [0.25, 0.3) is 17.3 Å². The first-order valence-corrected chi connectivity index (χ1v) is 10.9. The average Bonchev–Trinajstić information content (AvgIpc) is 3.31. The molecule has 1 amide bonds. The number of rotatable bonds is 5. The molecule has 0 aliphatic carbocycles. The second-order valence-corrected chi connectivity index (χ2v) is 8.52. The summed E-state index contributed by atoms with van der Waals surface area (Å²) in [5.41, 5.74) is 1.94. The summed E-state index contributed by atoms with van der Waals surface area (Å²) in [6.07, 6.45) is 1.80. The normalized spacial score (nSPS) is 15.3. The maximum Gasteiger partial charge on any atom is 0.238 e. The van der Waals surface area contributed by atoms with E-state index >= 15 is 0 Å². The number of aromatic nitrogens is 1. The van der Waals surface area contributed by atoms with E-state index in [0.29, 0.717) is 20.6 Å². The molecule has 29 heavy (non-hydrogen) atoms. The highest BCUT2D eigenvalue weighted by Crippen LogP contribution is 2.33. The van der Waals surface area contributed by atoms with Crippen molar-refractivity contribution in [2.75, 3.05) is 12.3 Å². The SMILES string of the molecule is O=C(CN1C(=O)CSC1=Cc1nc(-c2ccc(F)cc2)cs1)c1ccccc1Cl. The van der Waals surface area contributed by atoms with Crippen molar-refractivity contribution in [2.24, 2.45) is 0 Å². The standard InChI is InChI=1S/C21H14ClFN2O2S2/c22-16-4-2-1-3-15(16)18(26)10-25-20(27)12-29-21(25)9-19-24-17(11-28-19)13-5-7-14(23)8-6-13/h1-9,11H,10,12H2. The molecule has 3 aromatic rings. The summed E-state index contributed by atoms with van der Waals surface area (Å²) < 4.78 is 13.1. The van der Waals surface area contributed by atoms with Gasteiger partial charge in [-0.3, -0.25) is 14.5 Å². The highest BCUT2D eigenvalue weighted by Gasteiger charge is 2.29. The summed E-state index contributed by atoms with van der Waals surface area (Å²) in [5.74, 6) is -0.371. The second kappa shape index (κ2) is 8.49. The predicted octanol–water partition coefficient (Wildman–Crippen LogP) is 5.36. The van der Waals surface area contributed by atoms with E-state index in [4.69, 9.17) is 11.6 Å². The number of halogens is 2. The zero-order chi connectivity index (χ0) is 20.4. The fraction of sp³-hybridized carbons (Fsp3) is 0.0952. The smallest absolute Gasteiger partial charge is 0.238 e. The van der Waals surface area contributed by atoms with Gasteiger partial charge in [0.1, 0.15) is 10.8 Å². The fourth-order valence-corrected chi connectivity index (χ4v) is 4.84. The van der Waals surface area contributed by atoms with Crippen molar-refractivity contribution in [3.8, 4) is 11.3 Å². The van der Waals surface area contributed by atoms with Gasteiger partial charge in [-0.05, 0) is 36.4 Å². The molecule has 1 aliphatic heterocycles. The molecule has 0 N–H and O–H groups in total. The van der Waals surface area contributed by atoms with Crippen LogP contribution in [0.5, 0.6) is 0 Å². The summed E-state index contributed by atoms with van der Waals surface area (Å²) in [6.45, 7) is -0.0718. The molecule has 2 aromatic carbocycles. The molecule has 0 saturated carbocycles. The molecule has 0 radical (unpaired) electrons. The van der Waals surface area contributed by atoms with Crippen molar-refractivity contribution < 1.29 is 14.0 Å². The molecule has 1 aliphatic rings. The van der Waals surface area contributed by atoms with Crippen molar-refractivity contribution in [1.29, 1.82) is 0 Å². The minimum Gasteiger partial charge on any atom is -0.298 e. The largest absolute Gasteiger partial charge is 0.298 e. The van der Waals surface area contributed by atoms with Crippen molar-refractivity contribution in [3.05, 3.63) is 80.4 Å². The van der Waals surface area contributed by atoms with Crippen LogP contribution in [0.1, 0.15) is 15.4 Å². The highest BCUT2D eigenvalue weighted by molar-refractivity contribution is 8.04. The number of benzene rings is 2. The lowest BCUT2D eigenvalue weighted by Crippen LogP contribution is -2.30. The predicted molar refractivity (Wildman–Crippen MR) is 115 cm³/mol. The minimum atomic E-state index is -0.300. The Morgan fingerprint density at radius 1 is 1.21 bits per heavy atom. The monoisotopic (exact) mass is 444 g/mol. The number of hydrogen-bond donors (Lipinski definition) is 0. The van der Waals surface area contributed by atoms with E-state index in [-0.39, 0.29) is 29.8 Å². The van der Waals surface area contributed by atoms with Gasteiger partial charge in [-0.2, -0.15) is 0 Å². The number of carbonyl (C=O) groups is 2. The van der Waals surface area contributed by atoms with Crippen molar-refractivity contribution >= 4 is 52.5 Å². The van der Waals surface area contributed by atoms with Gasteiger partial charge in [0.2, 0.25) is 5.91 Å². The van der Waals surface area contributed by atoms with Crippen LogP contribution in [0.2, 0.25) is 5.02 Å². The molecule has 0 spiro atoms. The molecule has 0 unspecified atom stereocenters. The van der Waals surface area contributed by atoms with E-state index in [9.17, 15) is 14.0 Å². The lowest BCUT2D eigenvalue weighted by atomic mass is 10.1. The van der Waals surface area contributed by atoms with Gasteiger partial charge in [-0.15, -0.1) is 11.3 Å². The zero-order valence-electron chi connectivity index (χ0n) is 15.0. The number of hydrogen-bond acceptors (Lipinski definition) is 5. The maximum atomic E-state index is 13.1. The third kappa shape index (κ3) is 4.42. The quantitative estimate of drug-likeness (QED) is 0.497. The Balaban J connectivity index is 1.55. The first kappa shape index (κ1) is 19.8. The molecule has 4 nitrogen and oxygen atoms in total. The van der Waals surface area contributed by atoms with Gasteiger partial charge in [0.05, 0.1) is 28.0 Å². The number of amides is 1. The van der Waals surface area contributed by atoms with Crippen LogP contribution in [-0.4, -0.2) is 33.9 Å². The number of thioether (sulfide) groups is 1. The number of carbonyl (C=O) groups excluding carboxylic acids is 2. The Morgan fingerprint density at radius 3 is 2.72 bits per heavy atom. The molecular formula is C21H14ClFN2O2S2. The van der Waals surface area contributed by atoms with E-state index < -0.39 is 0 Å². The van der Waals surface area contributed by atoms with E-state index in [1.165, 1.54) is 40.1 Å². The molecule has 0 bridgehead atoms. The number of thiazole rings is 1. The van der Waals surface area contributed by atoms with Crippen LogP contribution in [0.15, 0.2) is 58.9 Å². The van der Waals surface area contributed by atoms with Crippen molar-refractivity contribution in [1.82, 2.24) is 9.88 Å². The summed E-state index contributed by atoms with van der Waals surface area (Å²) >= 11 is 8.89. The summed E-state index contributed by atoms with van der Waals surface area (Å²) in [7, 11) is 0. The lowest BCUT2D eigenvalue weighted by molar-refractivity contribution is -0.125. The molecule has 8 heteroatoms. The summed E-state index contributed by atoms with van der Waals surface area (Å²) in [6, 6.07) is 12.9. The van der Waals surface area contributed by atoms with Crippen LogP contribution in [0, 0.1) is 5.82 Å². The maximum absolute atomic E-state index is 13.1. The van der Waals surface area contributed by atoms with Gasteiger partial charge in [-0.25, -0.2) is 9.37 Å². The summed E-state index contributed by atoms with van der Waals surface area (Å²) in [5, 5.41) is 3.62. The molecule has 1 aromatic heterocycles. The van der Waals surface area contributed by atoms with Gasteiger partial charge in [-0.1, -0.05) is 35.5 Å². The first-order valence-electron chi connectivity index (χ1n) is 8.65. The van der Waals surface area contributed by atoms with Gasteiger partial charge >= 0.3 is 0 Å². The minimum absolute atomic E-state index is 0.0718. The fourth-order valence-electron chi connectivity index (χ4n) is 2.83. The lowest BCUT2D eigenvalue weighted by Gasteiger charge is -2.16. The van der Waals surface area contributed by atoms with E-state index in [1.54, 1.807) is 42.5 Å². The Morgan fingerprint density at radius 2 is 1.97 bits per heavy atom. The molecular weight excluding hydrogens is 431 g/mol. The van der Waals surface area contributed by atoms with Gasteiger partial charge in [0.25, 0.3) is 0 Å². The van der Waals surface area contributed by atoms with Crippen molar-refractivity contribution in [2.45, 2.75) is 0 Å². The van der Waals surface area contributed by atoms with Crippen LogP contribution >= 0.6 is 34.7 Å². The Bertz CT molecular complexity index is 1110. The van der Waals surface area contributed by atoms with Crippen LogP contribution < -0.4 is 0 Å². The van der Waals surface area contributed by atoms with Gasteiger partial charge in [0.15, 0.2) is 5.78 Å². The van der Waals surface area contributed by atoms with Crippen molar-refractivity contribution in [3.63, 3.8) is 0 Å². The van der Waals surface area contributed by atoms with E-state index in [2.05, 4.69) is 4.98 Å². The van der Waals surface area contributed by atoms with E-state index in [1.807, 2.05) is 5.38 Å². The third-order valence-corrected chi connectivity index (χ3v) is 6.44. The topological polar surface area (TPSA) is 50.3 Å². The number of ketones is 1. The Kier molecular flexibility index (Phi) is 5.80. The Hall–Kier alpha value is -2.48. The average molecular weight is 445 g/mol. The summed E-state index contributed by atoms with van der Waals surface area (Å²) in [4.78, 5) is 30.9. The molecule has 1 saturated heterocycles. The number of Topliss-reactive ketones (excluding diaryl/α,β-unsaturated/α-hetero) is 1. The molecule has 0 atom stereocenters.